The highest BCUT2D eigenvalue weighted by Crippen LogP contribution is 2.30. The van der Waals surface area contributed by atoms with E-state index in [1.54, 1.807) is 18.2 Å². The van der Waals surface area contributed by atoms with Crippen LogP contribution in [0.15, 0.2) is 36.4 Å². The fourth-order valence-corrected chi connectivity index (χ4v) is 2.07. The molecule has 0 atom stereocenters. The van der Waals surface area contributed by atoms with Gasteiger partial charge in [-0.2, -0.15) is 0 Å². The van der Waals surface area contributed by atoms with Crippen molar-refractivity contribution in [1.82, 2.24) is 0 Å². The quantitative estimate of drug-likeness (QED) is 0.935. The van der Waals surface area contributed by atoms with Crippen molar-refractivity contribution >= 4 is 23.2 Å². The molecule has 1 amide bonds. The monoisotopic (exact) mass is 309 g/mol. The van der Waals surface area contributed by atoms with Crippen molar-refractivity contribution in [3.8, 4) is 11.5 Å². The van der Waals surface area contributed by atoms with Crippen LogP contribution < -0.4 is 14.8 Å². The molecule has 1 N–H and O–H groups in total. The van der Waals surface area contributed by atoms with Crippen LogP contribution in [0.25, 0.3) is 0 Å². The summed E-state index contributed by atoms with van der Waals surface area (Å²) in [5.74, 6) is -0.333. The summed E-state index contributed by atoms with van der Waals surface area (Å²) in [6.45, 7) is 0. The van der Waals surface area contributed by atoms with Gasteiger partial charge in [0.15, 0.2) is 11.5 Å². The van der Waals surface area contributed by atoms with E-state index in [1.165, 1.54) is 32.4 Å². The van der Waals surface area contributed by atoms with Gasteiger partial charge in [0, 0.05) is 11.8 Å². The molecule has 0 spiro atoms. The predicted octanol–water partition coefficient (Wildman–Crippen LogP) is 3.75. The smallest absolute Gasteiger partial charge is 0.260 e. The number of benzene rings is 2. The maximum Gasteiger partial charge on any atom is 0.260 e. The number of halogens is 2. The van der Waals surface area contributed by atoms with Crippen molar-refractivity contribution in [2.45, 2.75) is 0 Å². The minimum atomic E-state index is -0.680. The van der Waals surface area contributed by atoms with Gasteiger partial charge in [0.2, 0.25) is 0 Å². The molecule has 0 unspecified atom stereocenters. The number of hydrogen-bond acceptors (Lipinski definition) is 3. The Morgan fingerprint density at radius 1 is 1.14 bits per heavy atom. The minimum Gasteiger partial charge on any atom is -0.493 e. The van der Waals surface area contributed by atoms with Crippen LogP contribution in [0, 0.1) is 5.82 Å². The lowest BCUT2D eigenvalue weighted by atomic mass is 10.2. The third kappa shape index (κ3) is 3.25. The zero-order valence-electron chi connectivity index (χ0n) is 11.4. The first-order valence-corrected chi connectivity index (χ1v) is 6.42. The van der Waals surface area contributed by atoms with E-state index in [0.29, 0.717) is 17.2 Å². The van der Waals surface area contributed by atoms with Crippen molar-refractivity contribution < 1.29 is 18.7 Å². The molecule has 21 heavy (non-hydrogen) atoms. The summed E-state index contributed by atoms with van der Waals surface area (Å²) in [5, 5.41) is 2.62. The normalized spacial score (nSPS) is 10.1. The Kier molecular flexibility index (Phi) is 4.65. The van der Waals surface area contributed by atoms with Crippen molar-refractivity contribution in [3.05, 3.63) is 52.8 Å². The van der Waals surface area contributed by atoms with E-state index >= 15 is 0 Å². The number of carbonyl (C=O) groups excluding carboxylic acids is 1. The highest BCUT2D eigenvalue weighted by Gasteiger charge is 2.16. The summed E-state index contributed by atoms with van der Waals surface area (Å²) >= 11 is 5.85. The second-order valence-electron chi connectivity index (χ2n) is 4.12. The molecule has 0 aliphatic carbocycles. The third-order valence-electron chi connectivity index (χ3n) is 2.83. The molecule has 4 nitrogen and oxygen atoms in total. The maximum atomic E-state index is 13.7. The highest BCUT2D eigenvalue weighted by molar-refractivity contribution is 6.34. The number of rotatable bonds is 4. The molecule has 0 fully saturated rings. The summed E-state index contributed by atoms with van der Waals surface area (Å²) in [7, 11) is 2.99. The van der Waals surface area contributed by atoms with Crippen molar-refractivity contribution in [3.63, 3.8) is 0 Å². The van der Waals surface area contributed by atoms with Crippen LogP contribution in [-0.4, -0.2) is 20.1 Å². The van der Waals surface area contributed by atoms with Crippen LogP contribution in [0.2, 0.25) is 5.02 Å². The fraction of sp³-hybridized carbons (Fsp3) is 0.133. The molecule has 6 heteroatoms. The molecule has 0 radical (unpaired) electrons. The molecular weight excluding hydrogens is 297 g/mol. The Morgan fingerprint density at radius 2 is 1.86 bits per heavy atom. The Morgan fingerprint density at radius 3 is 2.48 bits per heavy atom. The molecule has 0 aromatic heterocycles. The van der Waals surface area contributed by atoms with Gasteiger partial charge in [-0.1, -0.05) is 17.7 Å². The maximum absolute atomic E-state index is 13.7. The minimum absolute atomic E-state index is 0.0491. The Bertz CT molecular complexity index is 656. The summed E-state index contributed by atoms with van der Waals surface area (Å²) < 4.78 is 23.9. The molecule has 0 bridgehead atoms. The lowest BCUT2D eigenvalue weighted by molar-refractivity contribution is 0.102. The Hall–Kier alpha value is -2.27. The molecule has 2 aromatic rings. The summed E-state index contributed by atoms with van der Waals surface area (Å²) in [5.41, 5.74) is 0.242. The van der Waals surface area contributed by atoms with Gasteiger partial charge >= 0.3 is 0 Å². The lowest BCUT2D eigenvalue weighted by Gasteiger charge is -2.11. The van der Waals surface area contributed by atoms with Crippen LogP contribution in [0.1, 0.15) is 10.4 Å². The fourth-order valence-electron chi connectivity index (χ4n) is 1.82. The van der Waals surface area contributed by atoms with Crippen molar-refractivity contribution in [2.75, 3.05) is 19.5 Å². The molecule has 2 rings (SSSR count). The topological polar surface area (TPSA) is 47.6 Å². The molecule has 0 saturated heterocycles. The molecule has 110 valence electrons. The standard InChI is InChI=1S/C15H13ClFNO3/c1-20-12-7-6-9(8-13(12)21-2)18-15(19)14-10(16)4-3-5-11(14)17/h3-8H,1-2H3,(H,18,19). The largest absolute Gasteiger partial charge is 0.493 e. The summed E-state index contributed by atoms with van der Waals surface area (Å²) in [4.78, 5) is 12.1. The van der Waals surface area contributed by atoms with Gasteiger partial charge in [0.25, 0.3) is 5.91 Å². The van der Waals surface area contributed by atoms with E-state index in [0.717, 1.165) is 0 Å². The SMILES string of the molecule is COc1ccc(NC(=O)c2c(F)cccc2Cl)cc1OC. The van der Waals surface area contributed by atoms with E-state index in [1.807, 2.05) is 0 Å². The Balaban J connectivity index is 2.28. The van der Waals surface area contributed by atoms with Crippen LogP contribution in [-0.2, 0) is 0 Å². The average Bonchev–Trinajstić information content (AvgIpc) is 2.46. The molecule has 0 saturated carbocycles. The predicted molar refractivity (Wildman–Crippen MR) is 78.9 cm³/mol. The van der Waals surface area contributed by atoms with Crippen LogP contribution >= 0.6 is 11.6 Å². The van der Waals surface area contributed by atoms with E-state index in [2.05, 4.69) is 5.32 Å². The van der Waals surface area contributed by atoms with Crippen LogP contribution in [0.5, 0.6) is 11.5 Å². The van der Waals surface area contributed by atoms with Gasteiger partial charge in [0.05, 0.1) is 24.8 Å². The molecule has 0 heterocycles. The van der Waals surface area contributed by atoms with E-state index in [-0.39, 0.29) is 10.6 Å². The first kappa shape index (κ1) is 15.1. The van der Waals surface area contributed by atoms with Gasteiger partial charge in [-0.15, -0.1) is 0 Å². The number of methoxy groups -OCH3 is 2. The van der Waals surface area contributed by atoms with Gasteiger partial charge in [0.1, 0.15) is 5.82 Å². The Labute approximate surface area is 126 Å². The highest BCUT2D eigenvalue weighted by atomic mass is 35.5. The van der Waals surface area contributed by atoms with Crippen LogP contribution in [0.3, 0.4) is 0 Å². The second kappa shape index (κ2) is 6.45. The van der Waals surface area contributed by atoms with Gasteiger partial charge in [-0.3, -0.25) is 4.79 Å². The van der Waals surface area contributed by atoms with Gasteiger partial charge in [-0.05, 0) is 24.3 Å². The summed E-state index contributed by atoms with van der Waals surface area (Å²) in [6.07, 6.45) is 0. The zero-order valence-corrected chi connectivity index (χ0v) is 12.2. The first-order valence-electron chi connectivity index (χ1n) is 6.04. The van der Waals surface area contributed by atoms with Gasteiger partial charge < -0.3 is 14.8 Å². The molecule has 0 aliphatic rings. The van der Waals surface area contributed by atoms with E-state index in [4.69, 9.17) is 21.1 Å². The van der Waals surface area contributed by atoms with Crippen molar-refractivity contribution in [1.29, 1.82) is 0 Å². The number of nitrogens with one attached hydrogen (secondary N) is 1. The average molecular weight is 310 g/mol. The number of amides is 1. The molecule has 0 aliphatic heterocycles. The summed E-state index contributed by atoms with van der Waals surface area (Å²) in [6, 6.07) is 8.89. The van der Waals surface area contributed by atoms with Crippen LogP contribution in [0.4, 0.5) is 10.1 Å². The molecule has 2 aromatic carbocycles. The second-order valence-corrected chi connectivity index (χ2v) is 4.53. The van der Waals surface area contributed by atoms with E-state index in [9.17, 15) is 9.18 Å². The molecular formula is C15H13ClFNO3. The van der Waals surface area contributed by atoms with Crippen molar-refractivity contribution in [2.24, 2.45) is 0 Å². The third-order valence-corrected chi connectivity index (χ3v) is 3.15. The van der Waals surface area contributed by atoms with Gasteiger partial charge in [-0.25, -0.2) is 4.39 Å². The number of anilines is 1. The zero-order chi connectivity index (χ0) is 15.4. The number of carbonyl (C=O) groups is 1. The first-order chi connectivity index (χ1) is 10.1. The number of hydrogen-bond donors (Lipinski definition) is 1. The lowest BCUT2D eigenvalue weighted by Crippen LogP contribution is -2.14. The number of ether oxygens (including phenoxy) is 2. The van der Waals surface area contributed by atoms with E-state index < -0.39 is 11.7 Å².